The summed E-state index contributed by atoms with van der Waals surface area (Å²) in [6.45, 7) is 12.0. The average molecular weight is 226 g/mol. The molecule has 0 aromatic heterocycles. The highest BCUT2D eigenvalue weighted by molar-refractivity contribution is 5.81. The predicted molar refractivity (Wildman–Crippen MR) is 67.3 cm³/mol. The van der Waals surface area contributed by atoms with Crippen LogP contribution in [-0.4, -0.2) is 35.5 Å². The average Bonchev–Trinajstić information content (AvgIpc) is 3.01. The number of carbonyl (C=O) groups is 1. The minimum absolute atomic E-state index is 0.0736. The fourth-order valence-corrected chi connectivity index (χ4v) is 2.35. The Kier molecular flexibility index (Phi) is 4.36. The van der Waals surface area contributed by atoms with Crippen molar-refractivity contribution in [2.75, 3.05) is 13.1 Å². The number of nitrogens with one attached hydrogen (secondary N) is 1. The van der Waals surface area contributed by atoms with E-state index in [0.29, 0.717) is 0 Å². The van der Waals surface area contributed by atoms with Gasteiger partial charge in [-0.1, -0.05) is 0 Å². The first-order chi connectivity index (χ1) is 7.42. The first kappa shape index (κ1) is 13.5. The van der Waals surface area contributed by atoms with Gasteiger partial charge >= 0.3 is 0 Å². The zero-order chi connectivity index (χ0) is 12.3. The summed E-state index contributed by atoms with van der Waals surface area (Å²) in [7, 11) is 0. The summed E-state index contributed by atoms with van der Waals surface area (Å²) in [5, 5.41) is 3.48. The Balaban J connectivity index is 2.50. The minimum atomic E-state index is -0.0736. The number of amides is 1. The lowest BCUT2D eigenvalue weighted by atomic mass is 9.97. The minimum Gasteiger partial charge on any atom is -0.342 e. The molecule has 1 unspecified atom stereocenters. The Hall–Kier alpha value is -0.570. The highest BCUT2D eigenvalue weighted by Crippen LogP contribution is 2.39. The molecule has 0 saturated heterocycles. The van der Waals surface area contributed by atoms with Crippen LogP contribution in [0.4, 0.5) is 0 Å². The van der Waals surface area contributed by atoms with E-state index in [1.807, 2.05) is 25.7 Å². The summed E-state index contributed by atoms with van der Waals surface area (Å²) >= 11 is 0. The molecule has 0 aromatic rings. The number of carbonyl (C=O) groups excluding carboxylic acids is 1. The number of hydrogen-bond acceptors (Lipinski definition) is 2. The van der Waals surface area contributed by atoms with Crippen LogP contribution in [0.2, 0.25) is 0 Å². The van der Waals surface area contributed by atoms with Crippen LogP contribution in [0.5, 0.6) is 0 Å². The van der Waals surface area contributed by atoms with Crippen LogP contribution in [0.25, 0.3) is 0 Å². The summed E-state index contributed by atoms with van der Waals surface area (Å²) in [6.07, 6.45) is 2.60. The third kappa shape index (κ3) is 3.21. The molecular weight excluding hydrogens is 200 g/mol. The van der Waals surface area contributed by atoms with E-state index in [9.17, 15) is 4.79 Å². The van der Waals surface area contributed by atoms with Crippen molar-refractivity contribution in [1.82, 2.24) is 10.2 Å². The van der Waals surface area contributed by atoms with Gasteiger partial charge in [0.05, 0.1) is 6.04 Å². The van der Waals surface area contributed by atoms with E-state index < -0.39 is 0 Å². The standard InChI is InChI=1S/C13H26N2O/c1-6-15(7-2)12(16)10(3)14-13(4,5)11-8-9-11/h10-11,14H,6-9H2,1-5H3. The molecule has 0 radical (unpaired) electrons. The van der Waals surface area contributed by atoms with Crippen molar-refractivity contribution in [3.05, 3.63) is 0 Å². The molecule has 1 N–H and O–H groups in total. The van der Waals surface area contributed by atoms with Gasteiger partial charge < -0.3 is 10.2 Å². The van der Waals surface area contributed by atoms with Gasteiger partial charge in [0.2, 0.25) is 5.91 Å². The van der Waals surface area contributed by atoms with E-state index in [1.54, 1.807) is 0 Å². The van der Waals surface area contributed by atoms with Gasteiger partial charge in [0.1, 0.15) is 0 Å². The van der Waals surface area contributed by atoms with Crippen molar-refractivity contribution in [3.8, 4) is 0 Å². The van der Waals surface area contributed by atoms with E-state index in [4.69, 9.17) is 0 Å². The molecule has 0 aliphatic heterocycles. The SMILES string of the molecule is CCN(CC)C(=O)C(C)NC(C)(C)C1CC1. The molecule has 1 rings (SSSR count). The van der Waals surface area contributed by atoms with E-state index >= 15 is 0 Å². The molecule has 3 heteroatoms. The highest BCUT2D eigenvalue weighted by Gasteiger charge is 2.39. The van der Waals surface area contributed by atoms with Crippen LogP contribution in [0.1, 0.15) is 47.5 Å². The second-order valence-electron chi connectivity index (χ2n) is 5.37. The molecule has 16 heavy (non-hydrogen) atoms. The molecule has 1 fully saturated rings. The molecule has 0 aromatic carbocycles. The molecule has 1 atom stereocenters. The smallest absolute Gasteiger partial charge is 0.239 e. The quantitative estimate of drug-likeness (QED) is 0.751. The van der Waals surface area contributed by atoms with Crippen LogP contribution in [0.15, 0.2) is 0 Å². The van der Waals surface area contributed by atoms with E-state index in [0.717, 1.165) is 19.0 Å². The van der Waals surface area contributed by atoms with Gasteiger partial charge in [0.25, 0.3) is 0 Å². The maximum absolute atomic E-state index is 12.1. The van der Waals surface area contributed by atoms with Crippen LogP contribution in [-0.2, 0) is 4.79 Å². The fraction of sp³-hybridized carbons (Fsp3) is 0.923. The fourth-order valence-electron chi connectivity index (χ4n) is 2.35. The molecule has 94 valence electrons. The normalized spacial score (nSPS) is 18.3. The van der Waals surface area contributed by atoms with Gasteiger partial charge in [-0.15, -0.1) is 0 Å². The largest absolute Gasteiger partial charge is 0.342 e. The summed E-state index contributed by atoms with van der Waals surface area (Å²) in [5.74, 6) is 0.971. The lowest BCUT2D eigenvalue weighted by molar-refractivity contribution is -0.133. The van der Waals surface area contributed by atoms with Crippen LogP contribution < -0.4 is 5.32 Å². The van der Waals surface area contributed by atoms with Crippen LogP contribution in [0, 0.1) is 5.92 Å². The van der Waals surface area contributed by atoms with Crippen LogP contribution >= 0.6 is 0 Å². The van der Waals surface area contributed by atoms with Crippen molar-refractivity contribution < 1.29 is 4.79 Å². The maximum atomic E-state index is 12.1. The molecule has 3 nitrogen and oxygen atoms in total. The van der Waals surface area contributed by atoms with Gasteiger partial charge in [-0.05, 0) is 53.4 Å². The molecule has 1 saturated carbocycles. The number of rotatable bonds is 6. The molecule has 0 bridgehead atoms. The second kappa shape index (κ2) is 5.17. The summed E-state index contributed by atoms with van der Waals surface area (Å²) in [6, 6.07) is -0.0736. The summed E-state index contributed by atoms with van der Waals surface area (Å²) in [5.41, 5.74) is 0.0994. The zero-order valence-electron chi connectivity index (χ0n) is 11.3. The third-order valence-corrected chi connectivity index (χ3v) is 3.63. The number of hydrogen-bond donors (Lipinski definition) is 1. The first-order valence-corrected chi connectivity index (χ1v) is 6.48. The van der Waals surface area contributed by atoms with Gasteiger partial charge in [-0.25, -0.2) is 0 Å². The summed E-state index contributed by atoms with van der Waals surface area (Å²) in [4.78, 5) is 14.0. The van der Waals surface area contributed by atoms with E-state index in [1.165, 1.54) is 12.8 Å². The van der Waals surface area contributed by atoms with Crippen molar-refractivity contribution in [3.63, 3.8) is 0 Å². The lowest BCUT2D eigenvalue weighted by Crippen LogP contribution is -2.53. The molecule has 1 aliphatic carbocycles. The molecule has 0 spiro atoms. The summed E-state index contributed by atoms with van der Waals surface area (Å²) < 4.78 is 0. The lowest BCUT2D eigenvalue weighted by Gasteiger charge is -2.32. The van der Waals surface area contributed by atoms with E-state index in [2.05, 4.69) is 19.2 Å². The van der Waals surface area contributed by atoms with Crippen LogP contribution in [0.3, 0.4) is 0 Å². The molecule has 1 amide bonds. The van der Waals surface area contributed by atoms with Gasteiger partial charge in [0, 0.05) is 18.6 Å². The second-order valence-corrected chi connectivity index (χ2v) is 5.37. The van der Waals surface area contributed by atoms with Gasteiger partial charge in [0.15, 0.2) is 0 Å². The predicted octanol–water partition coefficient (Wildman–Crippen LogP) is 2.02. The Morgan fingerprint density at radius 1 is 1.38 bits per heavy atom. The molecule has 0 heterocycles. The topological polar surface area (TPSA) is 32.3 Å². The van der Waals surface area contributed by atoms with Crippen molar-refractivity contribution in [1.29, 1.82) is 0 Å². The monoisotopic (exact) mass is 226 g/mol. The Bertz CT molecular complexity index is 242. The van der Waals surface area contributed by atoms with Gasteiger partial charge in [-0.3, -0.25) is 4.79 Å². The van der Waals surface area contributed by atoms with Gasteiger partial charge in [-0.2, -0.15) is 0 Å². The van der Waals surface area contributed by atoms with Crippen molar-refractivity contribution >= 4 is 5.91 Å². The molecule has 1 aliphatic rings. The highest BCUT2D eigenvalue weighted by atomic mass is 16.2. The Morgan fingerprint density at radius 2 is 1.88 bits per heavy atom. The molecular formula is C13H26N2O. The third-order valence-electron chi connectivity index (χ3n) is 3.63. The number of likely N-dealkylation sites (N-methyl/N-ethyl adjacent to an activating group) is 1. The maximum Gasteiger partial charge on any atom is 0.239 e. The number of nitrogens with zero attached hydrogens (tertiary/aromatic N) is 1. The Labute approximate surface area is 99.6 Å². The van der Waals surface area contributed by atoms with E-state index in [-0.39, 0.29) is 17.5 Å². The first-order valence-electron chi connectivity index (χ1n) is 6.48. The van der Waals surface area contributed by atoms with Crippen molar-refractivity contribution in [2.45, 2.75) is 59.0 Å². The Morgan fingerprint density at radius 3 is 2.25 bits per heavy atom. The van der Waals surface area contributed by atoms with Crippen molar-refractivity contribution in [2.24, 2.45) is 5.92 Å². The zero-order valence-corrected chi connectivity index (χ0v) is 11.3.